The van der Waals surface area contributed by atoms with Crippen LogP contribution in [-0.4, -0.2) is 32.8 Å². The summed E-state index contributed by atoms with van der Waals surface area (Å²) in [6, 6.07) is 9.51. The smallest absolute Gasteiger partial charge is 0.0637 e. The zero-order valence-corrected chi connectivity index (χ0v) is 13.5. The maximum Gasteiger partial charge on any atom is 0.0637 e. The first-order chi connectivity index (χ1) is 9.76. The van der Waals surface area contributed by atoms with Gasteiger partial charge in [0.2, 0.25) is 0 Å². The van der Waals surface area contributed by atoms with Crippen molar-refractivity contribution in [1.29, 1.82) is 0 Å². The van der Waals surface area contributed by atoms with Gasteiger partial charge in [0, 0.05) is 31.9 Å². The first-order valence-electron chi connectivity index (χ1n) is 7.81. The molecule has 0 heterocycles. The Morgan fingerprint density at radius 2 is 1.75 bits per heavy atom. The van der Waals surface area contributed by atoms with Crippen molar-refractivity contribution in [3.63, 3.8) is 0 Å². The number of benzene rings is 1. The molecule has 0 radical (unpaired) electrons. The number of hydrogen-bond donors (Lipinski definition) is 1. The van der Waals surface area contributed by atoms with Gasteiger partial charge in [-0.1, -0.05) is 32.9 Å². The van der Waals surface area contributed by atoms with E-state index in [1.807, 2.05) is 0 Å². The average molecular weight is 278 g/mol. The van der Waals surface area contributed by atoms with Crippen LogP contribution in [0.3, 0.4) is 0 Å². The minimum atomic E-state index is 0.588. The third-order valence-electron chi connectivity index (χ3n) is 3.77. The molecular formula is C17H30N2O. The molecule has 3 heteroatoms. The maximum absolute atomic E-state index is 5.26. The first-order valence-corrected chi connectivity index (χ1v) is 7.81. The van der Waals surface area contributed by atoms with Crippen molar-refractivity contribution in [2.75, 3.05) is 31.7 Å². The fraction of sp³-hybridized carbons (Fsp3) is 0.647. The molecule has 0 atom stereocenters. The van der Waals surface area contributed by atoms with Gasteiger partial charge in [-0.25, -0.2) is 0 Å². The van der Waals surface area contributed by atoms with Gasteiger partial charge in [0.25, 0.3) is 0 Å². The van der Waals surface area contributed by atoms with Gasteiger partial charge in [-0.05, 0) is 37.1 Å². The SMILES string of the molecule is CCNCc1ccc(N(CCOC)C(CC)CC)cc1. The number of nitrogens with zero attached hydrogens (tertiary/aromatic N) is 1. The molecule has 3 nitrogen and oxygen atoms in total. The normalized spacial score (nSPS) is 11.1. The second-order valence-electron chi connectivity index (χ2n) is 5.10. The summed E-state index contributed by atoms with van der Waals surface area (Å²) in [6.07, 6.45) is 2.33. The van der Waals surface area contributed by atoms with Crippen molar-refractivity contribution < 1.29 is 4.74 Å². The molecule has 0 amide bonds. The number of rotatable bonds is 10. The standard InChI is InChI=1S/C17H30N2O/c1-5-16(6-2)19(12-13-20-4)17-10-8-15(9-11-17)14-18-7-3/h8-11,16,18H,5-7,12-14H2,1-4H3. The highest BCUT2D eigenvalue weighted by Gasteiger charge is 2.15. The fourth-order valence-electron chi connectivity index (χ4n) is 2.52. The molecule has 0 aliphatic carbocycles. The molecule has 1 aromatic rings. The molecule has 0 bridgehead atoms. The highest BCUT2D eigenvalue weighted by molar-refractivity contribution is 5.48. The molecule has 0 spiro atoms. The van der Waals surface area contributed by atoms with Crippen LogP contribution in [0.1, 0.15) is 39.2 Å². The van der Waals surface area contributed by atoms with E-state index < -0.39 is 0 Å². The molecule has 114 valence electrons. The van der Waals surface area contributed by atoms with Crippen LogP contribution >= 0.6 is 0 Å². The van der Waals surface area contributed by atoms with Crippen LogP contribution < -0.4 is 10.2 Å². The van der Waals surface area contributed by atoms with E-state index >= 15 is 0 Å². The van der Waals surface area contributed by atoms with Crippen molar-refractivity contribution >= 4 is 5.69 Å². The quantitative estimate of drug-likeness (QED) is 0.709. The summed E-state index contributed by atoms with van der Waals surface area (Å²) in [5.74, 6) is 0. The van der Waals surface area contributed by atoms with Crippen molar-refractivity contribution in [2.45, 2.75) is 46.2 Å². The molecule has 1 aromatic carbocycles. The van der Waals surface area contributed by atoms with Crippen molar-refractivity contribution in [3.8, 4) is 0 Å². The average Bonchev–Trinajstić information content (AvgIpc) is 2.50. The Balaban J connectivity index is 2.78. The van der Waals surface area contributed by atoms with E-state index in [0.29, 0.717) is 6.04 Å². The van der Waals surface area contributed by atoms with E-state index in [4.69, 9.17) is 4.74 Å². The summed E-state index contributed by atoms with van der Waals surface area (Å²) in [7, 11) is 1.77. The Morgan fingerprint density at radius 3 is 2.25 bits per heavy atom. The predicted octanol–water partition coefficient (Wildman–Crippen LogP) is 3.44. The van der Waals surface area contributed by atoms with E-state index in [2.05, 4.69) is 55.3 Å². The van der Waals surface area contributed by atoms with E-state index in [0.717, 1.165) is 26.2 Å². The lowest BCUT2D eigenvalue weighted by molar-refractivity contribution is 0.202. The fourth-order valence-corrected chi connectivity index (χ4v) is 2.52. The molecule has 1 rings (SSSR count). The molecule has 0 saturated heterocycles. The number of anilines is 1. The van der Waals surface area contributed by atoms with Crippen LogP contribution in [0.15, 0.2) is 24.3 Å². The summed E-state index contributed by atoms with van der Waals surface area (Å²) in [4.78, 5) is 2.47. The molecule has 0 saturated carbocycles. The largest absolute Gasteiger partial charge is 0.383 e. The molecule has 20 heavy (non-hydrogen) atoms. The Morgan fingerprint density at radius 1 is 1.10 bits per heavy atom. The number of methoxy groups -OCH3 is 1. The van der Waals surface area contributed by atoms with Gasteiger partial charge < -0.3 is 15.0 Å². The first kappa shape index (κ1) is 17.0. The molecule has 0 fully saturated rings. The second kappa shape index (κ2) is 9.78. The van der Waals surface area contributed by atoms with Crippen LogP contribution in [0.5, 0.6) is 0 Å². The zero-order valence-electron chi connectivity index (χ0n) is 13.5. The minimum absolute atomic E-state index is 0.588. The van der Waals surface area contributed by atoms with E-state index in [-0.39, 0.29) is 0 Å². The van der Waals surface area contributed by atoms with Crippen LogP contribution in [0.2, 0.25) is 0 Å². The number of ether oxygens (including phenoxy) is 1. The Bertz CT molecular complexity index is 347. The van der Waals surface area contributed by atoms with Gasteiger partial charge in [-0.15, -0.1) is 0 Å². The monoisotopic (exact) mass is 278 g/mol. The van der Waals surface area contributed by atoms with Gasteiger partial charge in [-0.2, -0.15) is 0 Å². The van der Waals surface area contributed by atoms with Crippen molar-refractivity contribution in [2.24, 2.45) is 0 Å². The Kier molecular flexibility index (Phi) is 8.31. The van der Waals surface area contributed by atoms with Gasteiger partial charge in [-0.3, -0.25) is 0 Å². The summed E-state index contributed by atoms with van der Waals surface area (Å²) < 4.78 is 5.26. The Labute approximate surface area is 124 Å². The van der Waals surface area contributed by atoms with Crippen LogP contribution in [-0.2, 0) is 11.3 Å². The highest BCUT2D eigenvalue weighted by Crippen LogP contribution is 2.21. The minimum Gasteiger partial charge on any atom is -0.383 e. The lowest BCUT2D eigenvalue weighted by atomic mass is 10.1. The van der Waals surface area contributed by atoms with E-state index in [9.17, 15) is 0 Å². The summed E-state index contributed by atoms with van der Waals surface area (Å²) in [5, 5.41) is 3.36. The van der Waals surface area contributed by atoms with E-state index in [1.54, 1.807) is 7.11 Å². The van der Waals surface area contributed by atoms with Gasteiger partial charge >= 0.3 is 0 Å². The third kappa shape index (κ3) is 5.14. The van der Waals surface area contributed by atoms with Crippen LogP contribution in [0, 0.1) is 0 Å². The third-order valence-corrected chi connectivity index (χ3v) is 3.77. The predicted molar refractivity (Wildman–Crippen MR) is 87.4 cm³/mol. The summed E-state index contributed by atoms with van der Waals surface area (Å²) in [6.45, 7) is 10.3. The lowest BCUT2D eigenvalue weighted by Crippen LogP contribution is -2.37. The van der Waals surface area contributed by atoms with E-state index in [1.165, 1.54) is 24.1 Å². The second-order valence-corrected chi connectivity index (χ2v) is 5.10. The van der Waals surface area contributed by atoms with Crippen LogP contribution in [0.4, 0.5) is 5.69 Å². The Hall–Kier alpha value is -1.06. The molecule has 0 aliphatic heterocycles. The molecule has 0 unspecified atom stereocenters. The van der Waals surface area contributed by atoms with Gasteiger partial charge in [0.15, 0.2) is 0 Å². The summed E-state index contributed by atoms with van der Waals surface area (Å²) in [5.41, 5.74) is 2.64. The van der Waals surface area contributed by atoms with Crippen molar-refractivity contribution in [3.05, 3.63) is 29.8 Å². The molecule has 0 aliphatic rings. The molecule has 1 N–H and O–H groups in total. The van der Waals surface area contributed by atoms with Gasteiger partial charge in [0.05, 0.1) is 6.61 Å². The molecule has 0 aromatic heterocycles. The number of hydrogen-bond acceptors (Lipinski definition) is 3. The van der Waals surface area contributed by atoms with Crippen molar-refractivity contribution in [1.82, 2.24) is 5.32 Å². The lowest BCUT2D eigenvalue weighted by Gasteiger charge is -2.32. The number of nitrogens with one attached hydrogen (secondary N) is 1. The maximum atomic E-state index is 5.26. The van der Waals surface area contributed by atoms with Gasteiger partial charge in [0.1, 0.15) is 0 Å². The highest BCUT2D eigenvalue weighted by atomic mass is 16.5. The van der Waals surface area contributed by atoms with Crippen LogP contribution in [0.25, 0.3) is 0 Å². The topological polar surface area (TPSA) is 24.5 Å². The molecular weight excluding hydrogens is 248 g/mol. The zero-order chi connectivity index (χ0) is 14.8. The summed E-state index contributed by atoms with van der Waals surface area (Å²) >= 11 is 0.